The van der Waals surface area contributed by atoms with E-state index >= 15 is 0 Å². The maximum atomic E-state index is 11.4. The monoisotopic (exact) mass is 880 g/mol. The zero-order chi connectivity index (χ0) is 47.8. The van der Waals surface area contributed by atoms with E-state index in [-0.39, 0.29) is 92.5 Å². The molecule has 0 bridgehead atoms. The molecule has 0 saturated carbocycles. The molecular formula is C40H56N4O18. The van der Waals surface area contributed by atoms with Crippen LogP contribution in [0.25, 0.3) is 0 Å². The van der Waals surface area contributed by atoms with E-state index in [9.17, 15) is 67.1 Å². The highest BCUT2D eigenvalue weighted by atomic mass is 16.7. The lowest BCUT2D eigenvalue weighted by Gasteiger charge is -2.13. The Labute approximate surface area is 358 Å². The molecule has 0 aromatic carbocycles. The molecule has 0 aromatic rings. The van der Waals surface area contributed by atoms with Crippen LogP contribution in [0.15, 0.2) is 0 Å². The molecule has 4 fully saturated rings. The molecule has 0 aromatic heterocycles. The lowest BCUT2D eigenvalue weighted by Crippen LogP contribution is -2.34. The summed E-state index contributed by atoms with van der Waals surface area (Å²) < 4.78 is 0. The minimum Gasteiger partial charge on any atom is -0.330 e. The Morgan fingerprint density at radius 1 is 0.435 bits per heavy atom. The van der Waals surface area contributed by atoms with E-state index in [1.807, 2.05) is 27.7 Å². The van der Waals surface area contributed by atoms with Crippen molar-refractivity contribution in [2.45, 2.75) is 133 Å². The second kappa shape index (κ2) is 24.9. The van der Waals surface area contributed by atoms with Crippen molar-refractivity contribution >= 4 is 82.7 Å². The Hall–Kier alpha value is -6.22. The number of nitrogens with zero attached hydrogens (tertiary/aromatic N) is 4. The van der Waals surface area contributed by atoms with Crippen LogP contribution >= 0.6 is 0 Å². The molecule has 0 N–H and O–H groups in total. The lowest BCUT2D eigenvalue weighted by molar-refractivity contribution is -0.198. The van der Waals surface area contributed by atoms with Gasteiger partial charge in [-0.05, 0) is 11.8 Å². The number of hydroxylamine groups is 8. The largest absolute Gasteiger partial charge is 0.340 e. The number of ketones is 2. The number of Topliss-reactive ketones (excluding diaryl/α,β-unsaturated/α-hetero) is 2. The van der Waals surface area contributed by atoms with Gasteiger partial charge in [-0.25, -0.2) is 19.2 Å². The summed E-state index contributed by atoms with van der Waals surface area (Å²) in [6.07, 6.45) is 0.0639. The Morgan fingerprint density at radius 3 is 0.935 bits per heavy atom. The minimum atomic E-state index is -0.875. The van der Waals surface area contributed by atoms with Crippen LogP contribution in [-0.2, 0) is 86.5 Å². The molecule has 22 heteroatoms. The molecule has 4 heterocycles. The normalized spacial score (nSPS) is 18.5. The topological polar surface area (TPSA) is 289 Å². The number of hydrogen-bond acceptors (Lipinski definition) is 18. The van der Waals surface area contributed by atoms with E-state index in [0.29, 0.717) is 20.3 Å². The van der Waals surface area contributed by atoms with Gasteiger partial charge in [0.25, 0.3) is 47.3 Å². The number of imide groups is 4. The molecule has 8 amide bonds. The van der Waals surface area contributed by atoms with E-state index in [1.54, 1.807) is 41.5 Å². The quantitative estimate of drug-likeness (QED) is 0.178. The average Bonchev–Trinajstić information content (AvgIpc) is 3.80. The van der Waals surface area contributed by atoms with Gasteiger partial charge in [0.05, 0.1) is 12.8 Å². The third-order valence-corrected chi connectivity index (χ3v) is 8.52. The number of carbonyl (C=O) groups is 14. The molecule has 4 saturated heterocycles. The first-order chi connectivity index (χ1) is 28.7. The Kier molecular flexibility index (Phi) is 21.6. The highest BCUT2D eigenvalue weighted by molar-refractivity contribution is 6.05. The van der Waals surface area contributed by atoms with E-state index in [2.05, 4.69) is 14.5 Å². The molecule has 2 atom stereocenters. The third kappa shape index (κ3) is 17.8. The highest BCUT2D eigenvalue weighted by Crippen LogP contribution is 2.21. The summed E-state index contributed by atoms with van der Waals surface area (Å²) in [5, 5.41) is 2.07. The summed E-state index contributed by atoms with van der Waals surface area (Å²) >= 11 is 0. The van der Waals surface area contributed by atoms with Crippen molar-refractivity contribution in [2.75, 3.05) is 0 Å². The van der Waals surface area contributed by atoms with E-state index in [0.717, 1.165) is 0 Å². The molecule has 4 aliphatic heterocycles. The second-order valence-corrected chi connectivity index (χ2v) is 16.1. The maximum absolute atomic E-state index is 11.4. The second-order valence-electron chi connectivity index (χ2n) is 16.1. The molecule has 0 aliphatic carbocycles. The van der Waals surface area contributed by atoms with Crippen LogP contribution < -0.4 is 0 Å². The predicted octanol–water partition coefficient (Wildman–Crippen LogP) is 2.19. The molecular weight excluding hydrogens is 824 g/mol. The fourth-order valence-corrected chi connectivity index (χ4v) is 4.92. The SMILES string of the molecule is CC(C)C(=O)CC(=O)ON1C(=O)CC(C)C1=O.CC(C)C(=O)CC(=O)ON1C(=O)CCC1=O.CC(C)CC(=O)ON1C(=O)CC(C)C1=O.CC(C)CC(=O)ON1C(=O)CCC1=O. The van der Waals surface area contributed by atoms with Crippen molar-refractivity contribution in [3.05, 3.63) is 0 Å². The van der Waals surface area contributed by atoms with Gasteiger partial charge in [-0.1, -0.05) is 69.2 Å². The Bertz CT molecular complexity index is 1770. The van der Waals surface area contributed by atoms with Gasteiger partial charge >= 0.3 is 23.9 Å². The average molecular weight is 881 g/mol. The summed E-state index contributed by atoms with van der Waals surface area (Å²) in [6, 6.07) is 0. The van der Waals surface area contributed by atoms with Crippen molar-refractivity contribution in [3.8, 4) is 0 Å². The van der Waals surface area contributed by atoms with Crippen LogP contribution in [0, 0.1) is 35.5 Å². The zero-order valence-corrected chi connectivity index (χ0v) is 36.7. The molecule has 62 heavy (non-hydrogen) atoms. The molecule has 0 radical (unpaired) electrons. The molecule has 2 unspecified atom stereocenters. The maximum Gasteiger partial charge on any atom is 0.340 e. The van der Waals surface area contributed by atoms with Crippen LogP contribution in [0.5, 0.6) is 0 Å². The van der Waals surface area contributed by atoms with Gasteiger partial charge in [0, 0.05) is 62.2 Å². The van der Waals surface area contributed by atoms with Crippen LogP contribution in [0.4, 0.5) is 0 Å². The Balaban J connectivity index is 0.000000414. The van der Waals surface area contributed by atoms with Crippen LogP contribution in [-0.4, -0.2) is 103 Å². The van der Waals surface area contributed by atoms with Crippen LogP contribution in [0.2, 0.25) is 0 Å². The van der Waals surface area contributed by atoms with Crippen molar-refractivity contribution in [3.63, 3.8) is 0 Å². The first kappa shape index (κ1) is 53.8. The summed E-state index contributed by atoms with van der Waals surface area (Å²) in [5.74, 6) is -8.47. The van der Waals surface area contributed by atoms with Gasteiger partial charge in [0.15, 0.2) is 0 Å². The summed E-state index contributed by atoms with van der Waals surface area (Å²) in [7, 11) is 0. The molecule has 0 spiro atoms. The van der Waals surface area contributed by atoms with Gasteiger partial charge in [-0.15, -0.1) is 20.3 Å². The fraction of sp³-hybridized carbons (Fsp3) is 0.650. The fourth-order valence-electron chi connectivity index (χ4n) is 4.92. The zero-order valence-electron chi connectivity index (χ0n) is 36.7. The number of hydrogen-bond donors (Lipinski definition) is 0. The summed E-state index contributed by atoms with van der Waals surface area (Å²) in [6.45, 7) is 17.3. The van der Waals surface area contributed by atoms with Crippen molar-refractivity contribution in [1.29, 1.82) is 0 Å². The van der Waals surface area contributed by atoms with Crippen LogP contribution in [0.1, 0.15) is 133 Å². The van der Waals surface area contributed by atoms with Gasteiger partial charge in [0.1, 0.15) is 24.4 Å². The van der Waals surface area contributed by atoms with Gasteiger partial charge < -0.3 is 19.4 Å². The van der Waals surface area contributed by atoms with E-state index in [4.69, 9.17) is 4.84 Å². The number of amides is 8. The van der Waals surface area contributed by atoms with E-state index in [1.165, 1.54) is 0 Å². The summed E-state index contributed by atoms with van der Waals surface area (Å²) in [5.41, 5.74) is 0. The first-order valence-corrected chi connectivity index (χ1v) is 20.0. The van der Waals surface area contributed by atoms with Gasteiger partial charge in [0.2, 0.25) is 0 Å². The van der Waals surface area contributed by atoms with Gasteiger partial charge in [-0.3, -0.25) is 47.9 Å². The molecule has 22 nitrogen and oxygen atoms in total. The van der Waals surface area contributed by atoms with E-state index < -0.39 is 89.9 Å². The molecule has 4 rings (SSSR count). The lowest BCUT2D eigenvalue weighted by atomic mass is 10.1. The Morgan fingerprint density at radius 2 is 0.694 bits per heavy atom. The van der Waals surface area contributed by atoms with Gasteiger partial charge in [-0.2, -0.15) is 0 Å². The highest BCUT2D eigenvalue weighted by Gasteiger charge is 2.40. The standard InChI is InChI=1S/C11H15NO5.C10H13NO5.C10H15NO4.C9H13NO4/c1-6(2)8(13)5-10(15)17-12-9(14)4-7(3)11(12)16;1-6(2)7(12)5-10(15)16-11-8(13)3-4-9(11)14;1-6(2)4-9(13)15-11-8(12)5-7(3)10(11)14;1-6(2)5-9(13)14-10-7(11)3-4-8(10)12/h6-7H,4-5H2,1-3H3;6H,3-5H2,1-2H3;6-7H,4-5H2,1-3H3;6H,3-5H2,1-2H3. The predicted molar refractivity (Wildman–Crippen MR) is 206 cm³/mol. The number of carbonyl (C=O) groups excluding carboxylic acids is 14. The van der Waals surface area contributed by atoms with Crippen molar-refractivity contribution in [2.24, 2.45) is 35.5 Å². The molecule has 344 valence electrons. The number of rotatable bonds is 14. The van der Waals surface area contributed by atoms with Crippen LogP contribution in [0.3, 0.4) is 0 Å². The third-order valence-electron chi connectivity index (χ3n) is 8.52. The smallest absolute Gasteiger partial charge is 0.330 e. The van der Waals surface area contributed by atoms with Crippen molar-refractivity contribution in [1.82, 2.24) is 20.3 Å². The summed E-state index contributed by atoms with van der Waals surface area (Å²) in [4.78, 5) is 175. The minimum absolute atomic E-state index is 0.0320. The van der Waals surface area contributed by atoms with Crippen molar-refractivity contribution < 1.29 is 86.5 Å². The first-order valence-electron chi connectivity index (χ1n) is 20.0. The molecule has 4 aliphatic rings.